The van der Waals surface area contributed by atoms with Crippen LogP contribution in [0.3, 0.4) is 0 Å². The predicted molar refractivity (Wildman–Crippen MR) is 83.5 cm³/mol. The van der Waals surface area contributed by atoms with E-state index in [0.717, 1.165) is 5.92 Å². The maximum Gasteiger partial charge on any atom is -0.0132 e. The molecule has 0 nitrogen and oxygen atoms in total. The first-order chi connectivity index (χ1) is 8.88. The van der Waals surface area contributed by atoms with E-state index in [1.807, 2.05) is 0 Å². The Labute approximate surface area is 117 Å². The molecule has 0 heterocycles. The van der Waals surface area contributed by atoms with Crippen LogP contribution >= 0.6 is 0 Å². The Morgan fingerprint density at radius 2 is 1.63 bits per heavy atom. The number of rotatable bonds is 0. The fourth-order valence-corrected chi connectivity index (χ4v) is 3.79. The Kier molecular flexibility index (Phi) is 2.89. The summed E-state index contributed by atoms with van der Waals surface area (Å²) < 4.78 is 0. The average Bonchev–Trinajstić information content (AvgIpc) is 2.34. The van der Waals surface area contributed by atoms with Crippen molar-refractivity contribution in [2.45, 2.75) is 65.7 Å². The first-order valence-corrected chi connectivity index (χ1v) is 7.74. The zero-order valence-electron chi connectivity index (χ0n) is 13.1. The molecule has 3 rings (SSSR count). The Bertz CT molecular complexity index is 552. The fourth-order valence-electron chi connectivity index (χ4n) is 3.79. The minimum atomic E-state index is 0.269. The number of benzene rings is 1. The SMILES string of the molecule is CC1=C2c3c(cc(C(C)(C)C)cc3CCC2C)CC1. The monoisotopic (exact) mass is 254 g/mol. The van der Waals surface area contributed by atoms with Crippen LogP contribution in [0.4, 0.5) is 0 Å². The zero-order valence-corrected chi connectivity index (χ0v) is 13.1. The molecule has 0 aliphatic heterocycles. The zero-order chi connectivity index (χ0) is 13.8. The summed E-state index contributed by atoms with van der Waals surface area (Å²) in [7, 11) is 0. The molecule has 2 aliphatic carbocycles. The number of hydrogen-bond acceptors (Lipinski definition) is 0. The molecule has 0 aromatic heterocycles. The smallest absolute Gasteiger partial charge is 0.0132 e. The second-order valence-corrected chi connectivity index (χ2v) is 7.55. The van der Waals surface area contributed by atoms with Crippen LogP contribution in [0.15, 0.2) is 17.7 Å². The standard InChI is InChI=1S/C19H26/c1-12-6-8-14-10-16(19(3,4)5)11-15-9-7-13(2)17(12)18(14)15/h10-12H,6-9H2,1-5H3. The van der Waals surface area contributed by atoms with Gasteiger partial charge in [-0.3, -0.25) is 0 Å². The van der Waals surface area contributed by atoms with E-state index in [2.05, 4.69) is 46.8 Å². The fraction of sp³-hybridized carbons (Fsp3) is 0.579. The molecule has 0 spiro atoms. The van der Waals surface area contributed by atoms with Gasteiger partial charge in [0.25, 0.3) is 0 Å². The van der Waals surface area contributed by atoms with Gasteiger partial charge in [-0.05, 0) is 71.8 Å². The van der Waals surface area contributed by atoms with E-state index in [0.29, 0.717) is 0 Å². The second-order valence-electron chi connectivity index (χ2n) is 7.55. The number of aryl methyl sites for hydroxylation is 2. The van der Waals surface area contributed by atoms with Crippen LogP contribution in [0.2, 0.25) is 0 Å². The highest BCUT2D eigenvalue weighted by Crippen LogP contribution is 2.44. The first-order valence-electron chi connectivity index (χ1n) is 7.74. The van der Waals surface area contributed by atoms with E-state index >= 15 is 0 Å². The van der Waals surface area contributed by atoms with E-state index in [-0.39, 0.29) is 5.41 Å². The minimum Gasteiger partial charge on any atom is -0.0689 e. The molecule has 0 heteroatoms. The van der Waals surface area contributed by atoms with Crippen molar-refractivity contribution in [2.75, 3.05) is 0 Å². The van der Waals surface area contributed by atoms with Crippen LogP contribution < -0.4 is 0 Å². The molecule has 1 aromatic carbocycles. The maximum absolute atomic E-state index is 2.49. The van der Waals surface area contributed by atoms with Gasteiger partial charge in [-0.1, -0.05) is 45.4 Å². The van der Waals surface area contributed by atoms with Gasteiger partial charge in [0, 0.05) is 0 Å². The van der Waals surface area contributed by atoms with Crippen LogP contribution in [0, 0.1) is 5.92 Å². The van der Waals surface area contributed by atoms with Crippen LogP contribution in [0.25, 0.3) is 5.57 Å². The van der Waals surface area contributed by atoms with Gasteiger partial charge in [-0.2, -0.15) is 0 Å². The molecule has 1 unspecified atom stereocenters. The lowest BCUT2D eigenvalue weighted by Gasteiger charge is -2.34. The van der Waals surface area contributed by atoms with Gasteiger partial charge in [0.1, 0.15) is 0 Å². The average molecular weight is 254 g/mol. The molecule has 0 fully saturated rings. The van der Waals surface area contributed by atoms with Gasteiger partial charge in [0.15, 0.2) is 0 Å². The van der Waals surface area contributed by atoms with Crippen molar-refractivity contribution >= 4 is 5.57 Å². The van der Waals surface area contributed by atoms with E-state index in [1.165, 1.54) is 31.2 Å². The van der Waals surface area contributed by atoms with Crippen molar-refractivity contribution in [3.8, 4) is 0 Å². The summed E-state index contributed by atoms with van der Waals surface area (Å²) in [5, 5.41) is 0. The lowest BCUT2D eigenvalue weighted by molar-refractivity contribution is 0.581. The first kappa shape index (κ1) is 13.0. The van der Waals surface area contributed by atoms with Gasteiger partial charge in [-0.15, -0.1) is 0 Å². The highest BCUT2D eigenvalue weighted by molar-refractivity contribution is 5.78. The molecule has 0 saturated heterocycles. The van der Waals surface area contributed by atoms with Crippen LogP contribution in [0.1, 0.15) is 69.7 Å². The van der Waals surface area contributed by atoms with Crippen molar-refractivity contribution in [1.29, 1.82) is 0 Å². The molecular formula is C19H26. The van der Waals surface area contributed by atoms with Gasteiger partial charge >= 0.3 is 0 Å². The van der Waals surface area contributed by atoms with Gasteiger partial charge in [-0.25, -0.2) is 0 Å². The maximum atomic E-state index is 2.49. The Morgan fingerprint density at radius 1 is 1.00 bits per heavy atom. The molecule has 0 bridgehead atoms. The molecule has 1 atom stereocenters. The van der Waals surface area contributed by atoms with Crippen LogP contribution in [-0.4, -0.2) is 0 Å². The van der Waals surface area contributed by atoms with Crippen LogP contribution in [0.5, 0.6) is 0 Å². The van der Waals surface area contributed by atoms with Crippen molar-refractivity contribution in [1.82, 2.24) is 0 Å². The van der Waals surface area contributed by atoms with Crippen LogP contribution in [-0.2, 0) is 18.3 Å². The Hall–Kier alpha value is -1.04. The molecule has 102 valence electrons. The summed E-state index contributed by atoms with van der Waals surface area (Å²) in [5.74, 6) is 0.757. The topological polar surface area (TPSA) is 0 Å². The van der Waals surface area contributed by atoms with Gasteiger partial charge in [0.05, 0.1) is 0 Å². The minimum absolute atomic E-state index is 0.269. The third-order valence-electron chi connectivity index (χ3n) is 5.01. The summed E-state index contributed by atoms with van der Waals surface area (Å²) in [6, 6.07) is 4.98. The highest BCUT2D eigenvalue weighted by Gasteiger charge is 2.29. The van der Waals surface area contributed by atoms with E-state index in [1.54, 1.807) is 27.8 Å². The lowest BCUT2D eigenvalue weighted by atomic mass is 9.70. The Balaban J connectivity index is 2.23. The number of allylic oxidation sites excluding steroid dienone is 2. The third kappa shape index (κ3) is 2.06. The van der Waals surface area contributed by atoms with E-state index in [4.69, 9.17) is 0 Å². The third-order valence-corrected chi connectivity index (χ3v) is 5.01. The van der Waals surface area contributed by atoms with Crippen molar-refractivity contribution in [3.63, 3.8) is 0 Å². The van der Waals surface area contributed by atoms with Gasteiger partial charge in [0.2, 0.25) is 0 Å². The molecule has 0 saturated carbocycles. The number of hydrogen-bond donors (Lipinski definition) is 0. The second kappa shape index (κ2) is 4.23. The summed E-state index contributed by atoms with van der Waals surface area (Å²) in [5.41, 5.74) is 9.99. The Morgan fingerprint density at radius 3 is 2.26 bits per heavy atom. The molecule has 2 aliphatic rings. The van der Waals surface area contributed by atoms with E-state index < -0.39 is 0 Å². The van der Waals surface area contributed by atoms with Crippen molar-refractivity contribution in [2.24, 2.45) is 5.92 Å². The molecule has 1 aromatic rings. The summed E-state index contributed by atoms with van der Waals surface area (Å²) in [6.07, 6.45) is 5.10. The summed E-state index contributed by atoms with van der Waals surface area (Å²) in [4.78, 5) is 0. The molecule has 19 heavy (non-hydrogen) atoms. The van der Waals surface area contributed by atoms with E-state index in [9.17, 15) is 0 Å². The highest BCUT2D eigenvalue weighted by atomic mass is 14.3. The summed E-state index contributed by atoms with van der Waals surface area (Å²) in [6.45, 7) is 11.8. The molecular weight excluding hydrogens is 228 g/mol. The summed E-state index contributed by atoms with van der Waals surface area (Å²) >= 11 is 0. The predicted octanol–water partition coefficient (Wildman–Crippen LogP) is 5.29. The molecule has 0 N–H and O–H groups in total. The molecule has 0 amide bonds. The van der Waals surface area contributed by atoms with Gasteiger partial charge < -0.3 is 0 Å². The lowest BCUT2D eigenvalue weighted by Crippen LogP contribution is -2.20. The quantitative estimate of drug-likeness (QED) is 0.590. The normalized spacial score (nSPS) is 22.5. The van der Waals surface area contributed by atoms with Crippen molar-refractivity contribution < 1.29 is 0 Å². The van der Waals surface area contributed by atoms with Crippen molar-refractivity contribution in [3.05, 3.63) is 40.0 Å². The largest absolute Gasteiger partial charge is 0.0689 e. The molecule has 0 radical (unpaired) electrons.